The number of carboxylic acid groups (broad SMARTS) is 1. The number of halogens is 5. The Kier molecular flexibility index (Phi) is 10.9. The molecule has 1 amide bonds. The van der Waals surface area contributed by atoms with Gasteiger partial charge in [-0.2, -0.15) is 13.2 Å². The highest BCUT2D eigenvalue weighted by atomic mass is 19.4. The summed E-state index contributed by atoms with van der Waals surface area (Å²) in [4.78, 5) is 41.7. The molecule has 1 aromatic heterocycles. The average Bonchev–Trinajstić information content (AvgIpc) is 3.79. The molecule has 1 saturated heterocycles. The first-order valence-electron chi connectivity index (χ1n) is 17.0. The fourth-order valence-electron chi connectivity index (χ4n) is 7.23. The molecule has 2 heterocycles. The van der Waals surface area contributed by atoms with Crippen molar-refractivity contribution in [3.63, 3.8) is 0 Å². The summed E-state index contributed by atoms with van der Waals surface area (Å²) < 4.78 is 73.5. The van der Waals surface area contributed by atoms with Gasteiger partial charge in [0.05, 0.1) is 18.0 Å². The van der Waals surface area contributed by atoms with Gasteiger partial charge in [-0.25, -0.2) is 8.78 Å². The number of carbonyl (C=O) groups excluding carboxylic acids is 1. The molecule has 5 rings (SSSR count). The van der Waals surface area contributed by atoms with Crippen molar-refractivity contribution in [1.29, 1.82) is 0 Å². The molecule has 1 aliphatic carbocycles. The number of carboxylic acids is 1. The quantitative estimate of drug-likeness (QED) is 0.180. The zero-order valence-electron chi connectivity index (χ0n) is 29.0. The summed E-state index contributed by atoms with van der Waals surface area (Å²) in [5, 5.41) is 12.4. The second-order valence-electron chi connectivity index (χ2n) is 14.6. The average molecular weight is 702 g/mol. The van der Waals surface area contributed by atoms with Gasteiger partial charge in [-0.3, -0.25) is 14.4 Å². The first kappa shape index (κ1) is 37.2. The van der Waals surface area contributed by atoms with Crippen LogP contribution in [0.15, 0.2) is 41.3 Å². The van der Waals surface area contributed by atoms with E-state index in [1.165, 1.54) is 38.0 Å². The molecule has 50 heavy (non-hydrogen) atoms. The second-order valence-corrected chi connectivity index (χ2v) is 14.6. The van der Waals surface area contributed by atoms with E-state index in [1.54, 1.807) is 33.8 Å². The number of likely N-dealkylation sites (tertiary alicyclic amines) is 1. The minimum atomic E-state index is -4.78. The van der Waals surface area contributed by atoms with Crippen molar-refractivity contribution in [2.45, 2.75) is 85.0 Å². The number of alkyl halides is 3. The zero-order valence-corrected chi connectivity index (χ0v) is 29.0. The number of aliphatic carboxylic acids is 1. The number of carbonyl (C=O) groups is 2. The second kappa shape index (κ2) is 14.7. The van der Waals surface area contributed by atoms with Crippen molar-refractivity contribution < 1.29 is 36.6 Å². The molecule has 2 atom stereocenters. The van der Waals surface area contributed by atoms with Gasteiger partial charge in [0.25, 0.3) is 5.56 Å². The van der Waals surface area contributed by atoms with E-state index in [0.717, 1.165) is 17.3 Å². The number of hydrogen-bond acceptors (Lipinski definition) is 4. The molecular formula is C38H44F5N3O4. The highest BCUT2D eigenvalue weighted by molar-refractivity contribution is 5.82. The van der Waals surface area contributed by atoms with E-state index >= 15 is 4.39 Å². The largest absolute Gasteiger partial charge is 0.481 e. The van der Waals surface area contributed by atoms with Crippen LogP contribution >= 0.6 is 0 Å². The van der Waals surface area contributed by atoms with Gasteiger partial charge in [-0.05, 0) is 122 Å². The number of pyridine rings is 1. The number of hydrogen-bond donors (Lipinski definition) is 2. The Bertz CT molecular complexity index is 1800. The topological polar surface area (TPSA) is 91.6 Å². The molecule has 0 unspecified atom stereocenters. The van der Waals surface area contributed by atoms with Crippen LogP contribution in [0.25, 0.3) is 11.1 Å². The molecule has 270 valence electrons. The third-order valence-corrected chi connectivity index (χ3v) is 9.70. The van der Waals surface area contributed by atoms with Crippen LogP contribution in [0.3, 0.4) is 0 Å². The van der Waals surface area contributed by atoms with E-state index in [-0.39, 0.29) is 41.4 Å². The third-order valence-electron chi connectivity index (χ3n) is 9.70. The van der Waals surface area contributed by atoms with Crippen molar-refractivity contribution in [1.82, 2.24) is 14.8 Å². The maximum atomic E-state index is 15.8. The van der Waals surface area contributed by atoms with Gasteiger partial charge in [0.1, 0.15) is 17.7 Å². The number of nitrogens with one attached hydrogen (secondary N) is 1. The number of benzene rings is 2. The fraction of sp³-hybridized carbons (Fsp3) is 0.500. The lowest BCUT2D eigenvalue weighted by Gasteiger charge is -2.40. The molecule has 2 N–H and O–H groups in total. The number of nitrogens with zero attached hydrogens (tertiary/aromatic N) is 2. The normalized spacial score (nSPS) is 16.7. The van der Waals surface area contributed by atoms with Crippen LogP contribution in [0.5, 0.6) is 0 Å². The van der Waals surface area contributed by atoms with E-state index in [4.69, 9.17) is 0 Å². The summed E-state index contributed by atoms with van der Waals surface area (Å²) in [7, 11) is 0. The molecule has 12 heteroatoms. The van der Waals surface area contributed by atoms with Crippen LogP contribution in [-0.2, 0) is 22.2 Å². The summed E-state index contributed by atoms with van der Waals surface area (Å²) >= 11 is 0. The zero-order chi connectivity index (χ0) is 36.7. The summed E-state index contributed by atoms with van der Waals surface area (Å²) in [6.07, 6.45) is -1.91. The predicted molar refractivity (Wildman–Crippen MR) is 180 cm³/mol. The SMILES string of the molecule is Cc1cc(-c2c(C)cc(F)cc2C)cc([C@@H](CC(=O)O)NC(=O)[C@@H](CC(C)C)n2cc(CC3CN(CC4CC4)C3)c(C(F)(F)F)cc2=O)c1F. The number of aromatic nitrogens is 1. The number of amides is 1. The minimum Gasteiger partial charge on any atom is -0.481 e. The van der Waals surface area contributed by atoms with E-state index < -0.39 is 59.3 Å². The van der Waals surface area contributed by atoms with E-state index in [2.05, 4.69) is 10.2 Å². The predicted octanol–water partition coefficient (Wildman–Crippen LogP) is 7.54. The van der Waals surface area contributed by atoms with Gasteiger partial charge in [0.15, 0.2) is 0 Å². The molecule has 0 spiro atoms. The summed E-state index contributed by atoms with van der Waals surface area (Å²) in [5.74, 6) is -2.94. The molecule has 2 aliphatic rings. The van der Waals surface area contributed by atoms with Crippen LogP contribution in [0, 0.1) is 50.2 Å². The molecule has 1 saturated carbocycles. The van der Waals surface area contributed by atoms with Crippen LogP contribution in [0.1, 0.15) is 85.0 Å². The lowest BCUT2D eigenvalue weighted by molar-refractivity contribution is -0.139. The lowest BCUT2D eigenvalue weighted by atomic mass is 9.90. The van der Waals surface area contributed by atoms with Crippen LogP contribution in [-0.4, -0.2) is 46.1 Å². The Morgan fingerprint density at radius 3 is 2.16 bits per heavy atom. The Balaban J connectivity index is 1.50. The molecule has 0 bridgehead atoms. The van der Waals surface area contributed by atoms with Crippen molar-refractivity contribution in [3.8, 4) is 11.1 Å². The highest BCUT2D eigenvalue weighted by Gasteiger charge is 2.38. The molecule has 0 radical (unpaired) electrons. The van der Waals surface area contributed by atoms with Gasteiger partial charge in [0, 0.05) is 37.5 Å². The molecule has 7 nitrogen and oxygen atoms in total. The molecule has 1 aliphatic heterocycles. The summed E-state index contributed by atoms with van der Waals surface area (Å²) in [6, 6.07) is 3.48. The van der Waals surface area contributed by atoms with Gasteiger partial charge in [-0.1, -0.05) is 13.8 Å². The number of rotatable bonds is 13. The smallest absolute Gasteiger partial charge is 0.416 e. The Morgan fingerprint density at radius 2 is 1.60 bits per heavy atom. The standard InChI is InChI=1S/C38H44F5N3O4/c1-20(2)8-32(46-19-27(30(14-33(46)47)38(41,42)43)12-25-17-45(18-25)16-24-6-7-24)37(50)44-31(15-34(48)49)29-13-26(9-23(5)36(29)40)35-21(3)10-28(39)11-22(35)4/h9-11,13-14,19-20,24-25,31-32H,6-8,12,15-18H2,1-5H3,(H,44,50)(H,48,49)/t31-,32-/m1/s1. The van der Waals surface area contributed by atoms with Crippen molar-refractivity contribution in [3.05, 3.63) is 91.9 Å². The Morgan fingerprint density at radius 1 is 0.960 bits per heavy atom. The van der Waals surface area contributed by atoms with Gasteiger partial charge in [0.2, 0.25) is 5.91 Å². The Labute approximate surface area is 288 Å². The summed E-state index contributed by atoms with van der Waals surface area (Å²) in [5.41, 5.74) is 0.168. The summed E-state index contributed by atoms with van der Waals surface area (Å²) in [6.45, 7) is 10.7. The van der Waals surface area contributed by atoms with Gasteiger partial charge < -0.3 is 19.9 Å². The van der Waals surface area contributed by atoms with Crippen molar-refractivity contribution >= 4 is 11.9 Å². The van der Waals surface area contributed by atoms with E-state index in [0.29, 0.717) is 47.3 Å². The molecule has 2 fully saturated rings. The van der Waals surface area contributed by atoms with Gasteiger partial charge >= 0.3 is 12.1 Å². The number of aryl methyl sites for hydroxylation is 3. The fourth-order valence-corrected chi connectivity index (χ4v) is 7.23. The lowest BCUT2D eigenvalue weighted by Crippen LogP contribution is -2.48. The monoisotopic (exact) mass is 701 g/mol. The minimum absolute atomic E-state index is 0.0370. The van der Waals surface area contributed by atoms with Crippen molar-refractivity contribution in [2.75, 3.05) is 19.6 Å². The van der Waals surface area contributed by atoms with E-state index in [9.17, 15) is 37.1 Å². The van der Waals surface area contributed by atoms with E-state index in [1.807, 2.05) is 0 Å². The first-order chi connectivity index (χ1) is 23.4. The van der Waals surface area contributed by atoms with Crippen LogP contribution in [0.2, 0.25) is 0 Å². The Hall–Kier alpha value is -4.06. The van der Waals surface area contributed by atoms with Gasteiger partial charge in [-0.15, -0.1) is 0 Å². The molecular weight excluding hydrogens is 657 g/mol. The third kappa shape index (κ3) is 8.62. The van der Waals surface area contributed by atoms with Crippen molar-refractivity contribution in [2.24, 2.45) is 17.8 Å². The molecule has 2 aromatic carbocycles. The molecule has 3 aromatic rings. The van der Waals surface area contributed by atoms with Crippen LogP contribution < -0.4 is 10.9 Å². The highest BCUT2D eigenvalue weighted by Crippen LogP contribution is 2.37. The first-order valence-corrected chi connectivity index (χ1v) is 17.0. The maximum Gasteiger partial charge on any atom is 0.416 e. The van der Waals surface area contributed by atoms with Crippen LogP contribution in [0.4, 0.5) is 22.0 Å². The maximum absolute atomic E-state index is 15.8.